The minimum atomic E-state index is -0.372. The lowest BCUT2D eigenvalue weighted by Crippen LogP contribution is -2.28. The molecule has 0 aromatic heterocycles. The van der Waals surface area contributed by atoms with Gasteiger partial charge in [0.1, 0.15) is 13.2 Å². The van der Waals surface area contributed by atoms with Gasteiger partial charge >= 0.3 is 0 Å². The molecule has 0 saturated carbocycles. The van der Waals surface area contributed by atoms with E-state index in [1.54, 1.807) is 0 Å². The van der Waals surface area contributed by atoms with E-state index in [9.17, 15) is 14.4 Å². The molecule has 0 bridgehead atoms. The van der Waals surface area contributed by atoms with Crippen molar-refractivity contribution in [3.05, 3.63) is 54.1 Å². The summed E-state index contributed by atoms with van der Waals surface area (Å²) in [6.45, 7) is 8.90. The van der Waals surface area contributed by atoms with Crippen molar-refractivity contribution in [2.45, 2.75) is 40.5 Å². The Bertz CT molecular complexity index is 936. The second-order valence-electron chi connectivity index (χ2n) is 8.72. The van der Waals surface area contributed by atoms with Gasteiger partial charge in [-0.15, -0.1) is 0 Å². The number of amides is 2. The highest BCUT2D eigenvalue weighted by atomic mass is 16.5. The van der Waals surface area contributed by atoms with Gasteiger partial charge in [-0.25, -0.2) is 0 Å². The van der Waals surface area contributed by atoms with E-state index < -0.39 is 0 Å². The molecule has 0 unspecified atom stereocenters. The van der Waals surface area contributed by atoms with Crippen molar-refractivity contribution in [1.29, 1.82) is 0 Å². The smallest absolute Gasteiger partial charge is 0.250 e. The van der Waals surface area contributed by atoms with Gasteiger partial charge in [-0.1, -0.05) is 64.1 Å². The molecule has 0 spiro atoms. The van der Waals surface area contributed by atoms with Crippen LogP contribution in [0.5, 0.6) is 0 Å². The van der Waals surface area contributed by atoms with Gasteiger partial charge in [-0.3, -0.25) is 14.4 Å². The van der Waals surface area contributed by atoms with Crippen molar-refractivity contribution in [3.63, 3.8) is 0 Å². The third-order valence-electron chi connectivity index (χ3n) is 5.56. The highest BCUT2D eigenvalue weighted by molar-refractivity contribution is 6.00. The maximum absolute atomic E-state index is 12.6. The molecule has 0 heterocycles. The number of carbonyl (C=O) groups excluding carboxylic acids is 3. The zero-order valence-corrected chi connectivity index (χ0v) is 20.6. The van der Waals surface area contributed by atoms with Gasteiger partial charge < -0.3 is 20.1 Å². The minimum absolute atomic E-state index is 0.0162. The Kier molecular flexibility index (Phi) is 10.9. The zero-order valence-electron chi connectivity index (χ0n) is 20.6. The molecule has 0 aliphatic heterocycles. The monoisotopic (exact) mass is 468 g/mol. The SMILES string of the molecule is CCCNC(=O)COCCOCC(=O)Nc1ccc(-c2ccc(C(=O)C(C)(C)CC)cc2)cc1. The van der Waals surface area contributed by atoms with Crippen LogP contribution >= 0.6 is 0 Å². The molecule has 0 aliphatic carbocycles. The molecule has 0 saturated heterocycles. The molecule has 2 amide bonds. The normalized spacial score (nSPS) is 11.2. The average Bonchev–Trinajstić information content (AvgIpc) is 2.85. The molecule has 7 nitrogen and oxygen atoms in total. The number of hydrogen-bond acceptors (Lipinski definition) is 5. The second kappa shape index (κ2) is 13.6. The van der Waals surface area contributed by atoms with E-state index in [-0.39, 0.29) is 49.4 Å². The number of nitrogens with one attached hydrogen (secondary N) is 2. The fourth-order valence-electron chi connectivity index (χ4n) is 3.07. The third-order valence-corrected chi connectivity index (χ3v) is 5.56. The fraction of sp³-hybridized carbons (Fsp3) is 0.444. The molecule has 2 rings (SSSR count). The molecular formula is C27H36N2O5. The number of ketones is 1. The minimum Gasteiger partial charge on any atom is -0.369 e. The molecule has 2 N–H and O–H groups in total. The molecular weight excluding hydrogens is 432 g/mol. The Morgan fingerprint density at radius 2 is 1.32 bits per heavy atom. The van der Waals surface area contributed by atoms with Gasteiger partial charge in [0.2, 0.25) is 11.8 Å². The molecule has 7 heteroatoms. The second-order valence-corrected chi connectivity index (χ2v) is 8.72. The number of anilines is 1. The predicted octanol–water partition coefficient (Wildman–Crippen LogP) is 4.47. The Morgan fingerprint density at radius 1 is 0.794 bits per heavy atom. The lowest BCUT2D eigenvalue weighted by Gasteiger charge is -2.20. The first-order valence-corrected chi connectivity index (χ1v) is 11.7. The van der Waals surface area contributed by atoms with Crippen LogP contribution in [-0.2, 0) is 19.1 Å². The molecule has 0 aliphatic rings. The van der Waals surface area contributed by atoms with Gasteiger partial charge in [0, 0.05) is 23.2 Å². The summed E-state index contributed by atoms with van der Waals surface area (Å²) in [6.07, 6.45) is 1.66. The van der Waals surface area contributed by atoms with Crippen LogP contribution < -0.4 is 10.6 Å². The summed E-state index contributed by atoms with van der Waals surface area (Å²) in [5, 5.41) is 5.50. The molecule has 0 fully saturated rings. The maximum Gasteiger partial charge on any atom is 0.250 e. The summed E-state index contributed by atoms with van der Waals surface area (Å²) in [4.78, 5) is 36.1. The van der Waals surface area contributed by atoms with Crippen molar-refractivity contribution in [2.24, 2.45) is 5.41 Å². The lowest BCUT2D eigenvalue weighted by molar-refractivity contribution is -0.127. The highest BCUT2D eigenvalue weighted by Crippen LogP contribution is 2.27. The van der Waals surface area contributed by atoms with Gasteiger partial charge in [0.25, 0.3) is 0 Å². The van der Waals surface area contributed by atoms with E-state index in [4.69, 9.17) is 9.47 Å². The van der Waals surface area contributed by atoms with Crippen LogP contribution in [0.15, 0.2) is 48.5 Å². The Labute approximate surface area is 202 Å². The molecule has 34 heavy (non-hydrogen) atoms. The highest BCUT2D eigenvalue weighted by Gasteiger charge is 2.26. The summed E-state index contributed by atoms with van der Waals surface area (Å²) < 4.78 is 10.5. The Hall–Kier alpha value is -3.03. The molecule has 2 aromatic rings. The molecule has 0 atom stereocenters. The van der Waals surface area contributed by atoms with Gasteiger partial charge in [-0.2, -0.15) is 0 Å². The average molecular weight is 469 g/mol. The summed E-state index contributed by atoms with van der Waals surface area (Å²) in [5.41, 5.74) is 2.99. The van der Waals surface area contributed by atoms with Gasteiger partial charge in [0.15, 0.2) is 5.78 Å². The van der Waals surface area contributed by atoms with E-state index in [0.717, 1.165) is 24.0 Å². The molecule has 0 radical (unpaired) electrons. The number of rotatable bonds is 14. The lowest BCUT2D eigenvalue weighted by atomic mass is 9.82. The van der Waals surface area contributed by atoms with Crippen LogP contribution in [0.1, 0.15) is 50.9 Å². The number of hydrogen-bond donors (Lipinski definition) is 2. The summed E-state index contributed by atoms with van der Waals surface area (Å²) in [6, 6.07) is 15.1. The summed E-state index contributed by atoms with van der Waals surface area (Å²) in [7, 11) is 0. The summed E-state index contributed by atoms with van der Waals surface area (Å²) >= 11 is 0. The Morgan fingerprint density at radius 3 is 1.85 bits per heavy atom. The van der Waals surface area contributed by atoms with Crippen molar-refractivity contribution < 1.29 is 23.9 Å². The van der Waals surface area contributed by atoms with E-state index in [0.29, 0.717) is 17.8 Å². The van der Waals surface area contributed by atoms with E-state index >= 15 is 0 Å². The van der Waals surface area contributed by atoms with Crippen molar-refractivity contribution in [3.8, 4) is 11.1 Å². The number of benzene rings is 2. The summed E-state index contributed by atoms with van der Waals surface area (Å²) in [5.74, 6) is -0.284. The standard InChI is InChI=1S/C27H36N2O5/c1-5-15-28-24(30)18-33-16-17-34-19-25(31)29-23-13-11-21(12-14-23)20-7-9-22(10-8-20)26(32)27(3,4)6-2/h7-14H,5-6,15-19H2,1-4H3,(H,28,30)(H,29,31). The zero-order chi connectivity index (χ0) is 25.0. The van der Waals surface area contributed by atoms with Gasteiger partial charge in [-0.05, 0) is 36.1 Å². The van der Waals surface area contributed by atoms with Crippen LogP contribution in [-0.4, -0.2) is 50.6 Å². The van der Waals surface area contributed by atoms with Crippen LogP contribution in [0.3, 0.4) is 0 Å². The number of ether oxygens (including phenoxy) is 2. The first-order chi connectivity index (χ1) is 16.3. The largest absolute Gasteiger partial charge is 0.369 e. The maximum atomic E-state index is 12.6. The van der Waals surface area contributed by atoms with Crippen molar-refractivity contribution in [2.75, 3.05) is 38.3 Å². The van der Waals surface area contributed by atoms with Crippen LogP contribution in [0.25, 0.3) is 11.1 Å². The topological polar surface area (TPSA) is 93.7 Å². The Balaban J connectivity index is 1.75. The fourth-order valence-corrected chi connectivity index (χ4v) is 3.07. The van der Waals surface area contributed by atoms with Crippen molar-refractivity contribution >= 4 is 23.3 Å². The quantitative estimate of drug-likeness (QED) is 0.315. The van der Waals surface area contributed by atoms with E-state index in [1.807, 2.05) is 76.2 Å². The van der Waals surface area contributed by atoms with Crippen LogP contribution in [0.2, 0.25) is 0 Å². The molecule has 184 valence electrons. The number of Topliss-reactive ketones (excluding diaryl/α,β-unsaturated/α-hetero) is 1. The van der Waals surface area contributed by atoms with E-state index in [2.05, 4.69) is 10.6 Å². The first-order valence-electron chi connectivity index (χ1n) is 11.7. The third kappa shape index (κ3) is 8.72. The number of carbonyl (C=O) groups is 3. The van der Waals surface area contributed by atoms with Gasteiger partial charge in [0.05, 0.1) is 13.2 Å². The van der Waals surface area contributed by atoms with E-state index in [1.165, 1.54) is 0 Å². The van der Waals surface area contributed by atoms with Crippen molar-refractivity contribution in [1.82, 2.24) is 5.32 Å². The first kappa shape index (κ1) is 27.2. The predicted molar refractivity (Wildman–Crippen MR) is 134 cm³/mol. The van der Waals surface area contributed by atoms with Crippen LogP contribution in [0, 0.1) is 5.41 Å². The van der Waals surface area contributed by atoms with Crippen LogP contribution in [0.4, 0.5) is 5.69 Å². The molecule has 2 aromatic carbocycles.